The molecule has 0 saturated heterocycles. The Morgan fingerprint density at radius 2 is 1.73 bits per heavy atom. The molecule has 68 valence electrons. The molecule has 0 bridgehead atoms. The van der Waals surface area contributed by atoms with Gasteiger partial charge in [-0.15, -0.1) is 0 Å². The Labute approximate surface area is 75.9 Å². The molecule has 0 aromatic rings. The third-order valence-corrected chi connectivity index (χ3v) is 4.91. The maximum absolute atomic E-state index is 5.40. The quantitative estimate of drug-likeness (QED) is 0.546. The van der Waals surface area contributed by atoms with Crippen LogP contribution in [-0.2, 0) is 13.6 Å². The van der Waals surface area contributed by atoms with E-state index in [1.807, 2.05) is 0 Å². The van der Waals surface area contributed by atoms with Crippen molar-refractivity contribution in [3.63, 3.8) is 0 Å². The van der Waals surface area contributed by atoms with Crippen molar-refractivity contribution in [1.29, 1.82) is 0 Å². The molecular formula is C6H15O3PSe. The van der Waals surface area contributed by atoms with Gasteiger partial charge in [0, 0.05) is 0 Å². The summed E-state index contributed by atoms with van der Waals surface area (Å²) in [5, 5.41) is 0. The molecule has 0 aliphatic carbocycles. The Balaban J connectivity index is 3.79. The molecule has 0 aromatic heterocycles. The van der Waals surface area contributed by atoms with Crippen molar-refractivity contribution in [1.82, 2.24) is 0 Å². The molecule has 0 aromatic carbocycles. The van der Waals surface area contributed by atoms with Gasteiger partial charge in [-0.05, 0) is 0 Å². The number of hydrogen-bond donors (Lipinski definition) is 0. The molecule has 3 nitrogen and oxygen atoms in total. The minimum atomic E-state index is -2.11. The molecule has 0 amide bonds. The third kappa shape index (κ3) is 5.13. The van der Waals surface area contributed by atoms with Gasteiger partial charge in [0.15, 0.2) is 0 Å². The maximum atomic E-state index is 5.40. The van der Waals surface area contributed by atoms with Crippen LogP contribution in [0.25, 0.3) is 0 Å². The van der Waals surface area contributed by atoms with E-state index >= 15 is 0 Å². The van der Waals surface area contributed by atoms with Crippen molar-refractivity contribution in [2.24, 2.45) is 5.92 Å². The van der Waals surface area contributed by atoms with Gasteiger partial charge >= 0.3 is 75.5 Å². The second-order valence-corrected chi connectivity index (χ2v) is 7.20. The first-order valence-electron chi connectivity index (χ1n) is 3.40. The van der Waals surface area contributed by atoms with Crippen LogP contribution in [0.15, 0.2) is 0 Å². The van der Waals surface area contributed by atoms with Gasteiger partial charge in [-0.1, -0.05) is 0 Å². The van der Waals surface area contributed by atoms with Gasteiger partial charge in [0.2, 0.25) is 0 Å². The van der Waals surface area contributed by atoms with Crippen molar-refractivity contribution >= 4 is 21.3 Å². The Morgan fingerprint density at radius 1 is 1.27 bits per heavy atom. The van der Waals surface area contributed by atoms with Crippen LogP contribution >= 0.6 is 6.19 Å². The third-order valence-electron chi connectivity index (χ3n) is 1.01. The average Bonchev–Trinajstić information content (AvgIpc) is 2.00. The van der Waals surface area contributed by atoms with Crippen LogP contribution in [-0.4, -0.2) is 35.9 Å². The van der Waals surface area contributed by atoms with E-state index in [-0.39, 0.29) is 0 Å². The molecule has 0 heterocycles. The van der Waals surface area contributed by atoms with Crippen molar-refractivity contribution in [2.75, 3.05) is 20.8 Å². The summed E-state index contributed by atoms with van der Waals surface area (Å²) in [6.07, 6.45) is -2.11. The van der Waals surface area contributed by atoms with Crippen LogP contribution in [0.2, 0.25) is 0 Å². The summed E-state index contributed by atoms with van der Waals surface area (Å²) in [4.78, 5) is 0. The SMILES string of the molecule is COP(=[Se])(OC)OCC(C)C. The molecule has 0 radical (unpaired) electrons. The molecule has 11 heavy (non-hydrogen) atoms. The van der Waals surface area contributed by atoms with Crippen LogP contribution in [0.5, 0.6) is 0 Å². The molecule has 0 aliphatic rings. The summed E-state index contributed by atoms with van der Waals surface area (Å²) < 4.78 is 15.5. The van der Waals surface area contributed by atoms with Crippen LogP contribution in [0.4, 0.5) is 0 Å². The first-order valence-corrected chi connectivity index (χ1v) is 7.16. The zero-order valence-electron chi connectivity index (χ0n) is 7.36. The fraction of sp³-hybridized carbons (Fsp3) is 1.00. The first kappa shape index (κ1) is 11.8. The Kier molecular flexibility index (Phi) is 5.88. The molecule has 0 spiro atoms. The molecular weight excluding hydrogens is 230 g/mol. The van der Waals surface area contributed by atoms with Gasteiger partial charge in [-0.3, -0.25) is 0 Å². The molecule has 5 heteroatoms. The number of hydrogen-bond acceptors (Lipinski definition) is 3. The summed E-state index contributed by atoms with van der Waals surface area (Å²) in [5.74, 6) is 0.494. The van der Waals surface area contributed by atoms with Gasteiger partial charge < -0.3 is 0 Å². The summed E-state index contributed by atoms with van der Waals surface area (Å²) in [6, 6.07) is 0. The van der Waals surface area contributed by atoms with Gasteiger partial charge in [-0.2, -0.15) is 0 Å². The number of rotatable bonds is 5. The molecule has 0 saturated carbocycles. The van der Waals surface area contributed by atoms with E-state index in [0.29, 0.717) is 12.5 Å². The Hall–Kier alpha value is 0.829. The topological polar surface area (TPSA) is 27.7 Å². The molecule has 0 unspecified atom stereocenters. The fourth-order valence-electron chi connectivity index (χ4n) is 0.420. The van der Waals surface area contributed by atoms with Crippen molar-refractivity contribution in [3.05, 3.63) is 0 Å². The summed E-state index contributed by atoms with van der Waals surface area (Å²) in [6.45, 7) is 4.81. The van der Waals surface area contributed by atoms with Gasteiger partial charge in [0.05, 0.1) is 0 Å². The molecule has 0 aliphatic heterocycles. The monoisotopic (exact) mass is 246 g/mol. The minimum absolute atomic E-state index is 0.494. The fourth-order valence-corrected chi connectivity index (χ4v) is 1.64. The van der Waals surface area contributed by atoms with Crippen LogP contribution in [0.1, 0.15) is 13.8 Å². The van der Waals surface area contributed by atoms with E-state index in [9.17, 15) is 0 Å². The summed E-state index contributed by atoms with van der Waals surface area (Å²) >= 11 is 2.79. The molecule has 0 fully saturated rings. The Morgan fingerprint density at radius 3 is 2.00 bits per heavy atom. The van der Waals surface area contributed by atoms with E-state index in [4.69, 9.17) is 13.6 Å². The second-order valence-electron chi connectivity index (χ2n) is 2.50. The second kappa shape index (κ2) is 5.47. The van der Waals surface area contributed by atoms with Crippen LogP contribution in [0, 0.1) is 5.92 Å². The van der Waals surface area contributed by atoms with Crippen molar-refractivity contribution in [2.45, 2.75) is 13.8 Å². The zero-order valence-corrected chi connectivity index (χ0v) is 9.97. The van der Waals surface area contributed by atoms with Crippen molar-refractivity contribution < 1.29 is 13.6 Å². The predicted molar refractivity (Wildman–Crippen MR) is 47.5 cm³/mol. The average molecular weight is 245 g/mol. The molecule has 0 rings (SSSR count). The first-order chi connectivity index (χ1) is 5.04. The molecule has 0 atom stereocenters. The zero-order chi connectivity index (χ0) is 8.91. The normalized spacial score (nSPS) is 12.5. The van der Waals surface area contributed by atoms with Crippen LogP contribution < -0.4 is 0 Å². The van der Waals surface area contributed by atoms with E-state index in [1.165, 1.54) is 0 Å². The van der Waals surface area contributed by atoms with Gasteiger partial charge in [0.25, 0.3) is 0 Å². The van der Waals surface area contributed by atoms with Gasteiger partial charge in [0.1, 0.15) is 0 Å². The standard InChI is InChI=1S/C6H15O3PSe/c1-6(2)5-9-10(11,7-3)8-4/h6H,5H2,1-4H3. The van der Waals surface area contributed by atoms with E-state index in [0.717, 1.165) is 0 Å². The van der Waals surface area contributed by atoms with E-state index in [1.54, 1.807) is 14.2 Å². The van der Waals surface area contributed by atoms with Crippen molar-refractivity contribution in [3.8, 4) is 0 Å². The van der Waals surface area contributed by atoms with Crippen LogP contribution in [0.3, 0.4) is 0 Å². The van der Waals surface area contributed by atoms with Gasteiger partial charge in [-0.25, -0.2) is 0 Å². The van der Waals surface area contributed by atoms with E-state index < -0.39 is 6.19 Å². The van der Waals surface area contributed by atoms with E-state index in [2.05, 4.69) is 28.9 Å². The Bertz CT molecular complexity index is 141. The predicted octanol–water partition coefficient (Wildman–Crippen LogP) is 1.80. The summed E-state index contributed by atoms with van der Waals surface area (Å²) in [7, 11) is 3.15. The summed E-state index contributed by atoms with van der Waals surface area (Å²) in [5.41, 5.74) is 0. The molecule has 0 N–H and O–H groups in total.